The van der Waals surface area contributed by atoms with E-state index >= 15 is 0 Å². The molecule has 0 radical (unpaired) electrons. The molecule has 0 unspecified atom stereocenters. The van der Waals surface area contributed by atoms with E-state index in [-0.39, 0.29) is 5.69 Å². The Hall–Kier alpha value is -1.83. The third-order valence-electron chi connectivity index (χ3n) is 2.38. The minimum atomic E-state index is -4.56. The fraction of sp³-hybridized carbons (Fsp3) is 0.462. The number of hydrogen-bond acceptors (Lipinski definition) is 3. The standard InChI is InChI=1S/C13H15F4NO3/c1-3-20-8(2)12(19)18-10-5-4-9(14)6-11(10)21-7-13(15,16)17/h4-6,8H,3,7H2,1-2H3,(H,18,19)/t8-/m1/s1. The molecule has 0 aromatic heterocycles. The van der Waals surface area contributed by atoms with Crippen molar-refractivity contribution in [1.29, 1.82) is 0 Å². The van der Waals surface area contributed by atoms with Crippen LogP contribution in [0.15, 0.2) is 18.2 Å². The summed E-state index contributed by atoms with van der Waals surface area (Å²) in [7, 11) is 0. The van der Waals surface area contributed by atoms with Gasteiger partial charge >= 0.3 is 6.18 Å². The molecule has 0 aliphatic carbocycles. The van der Waals surface area contributed by atoms with E-state index in [0.29, 0.717) is 6.61 Å². The molecule has 1 rings (SSSR count). The number of alkyl halides is 3. The lowest BCUT2D eigenvalue weighted by Gasteiger charge is -2.16. The predicted octanol–water partition coefficient (Wildman–Crippen LogP) is 3.13. The molecular formula is C13H15F4NO3. The third-order valence-corrected chi connectivity index (χ3v) is 2.38. The summed E-state index contributed by atoms with van der Waals surface area (Å²) in [4.78, 5) is 11.7. The van der Waals surface area contributed by atoms with Crippen LogP contribution in [0.2, 0.25) is 0 Å². The molecule has 0 heterocycles. The molecule has 4 nitrogen and oxygen atoms in total. The number of benzene rings is 1. The number of hydrogen-bond donors (Lipinski definition) is 1. The van der Waals surface area contributed by atoms with Crippen LogP contribution in [-0.2, 0) is 9.53 Å². The van der Waals surface area contributed by atoms with Crippen LogP contribution in [0.5, 0.6) is 5.75 Å². The highest BCUT2D eigenvalue weighted by Crippen LogP contribution is 2.27. The second-order valence-corrected chi connectivity index (χ2v) is 4.13. The summed E-state index contributed by atoms with van der Waals surface area (Å²) < 4.78 is 59.1. The predicted molar refractivity (Wildman–Crippen MR) is 67.7 cm³/mol. The van der Waals surface area contributed by atoms with Crippen LogP contribution in [0.25, 0.3) is 0 Å². The van der Waals surface area contributed by atoms with E-state index in [4.69, 9.17) is 4.74 Å². The van der Waals surface area contributed by atoms with E-state index in [0.717, 1.165) is 18.2 Å². The fourth-order valence-corrected chi connectivity index (χ4v) is 1.44. The Balaban J connectivity index is 2.84. The minimum Gasteiger partial charge on any atom is -0.482 e. The number of anilines is 1. The number of carbonyl (C=O) groups excluding carboxylic acids is 1. The highest BCUT2D eigenvalue weighted by atomic mass is 19.4. The monoisotopic (exact) mass is 309 g/mol. The summed E-state index contributed by atoms with van der Waals surface area (Å²) in [5.74, 6) is -1.74. The smallest absolute Gasteiger partial charge is 0.422 e. The minimum absolute atomic E-state index is 0.0581. The summed E-state index contributed by atoms with van der Waals surface area (Å²) in [6, 6.07) is 2.89. The average Bonchev–Trinajstić information content (AvgIpc) is 2.38. The maximum absolute atomic E-state index is 13.1. The summed E-state index contributed by atoms with van der Waals surface area (Å²) in [5, 5.41) is 2.34. The van der Waals surface area contributed by atoms with Crippen molar-refractivity contribution in [3.05, 3.63) is 24.0 Å². The summed E-state index contributed by atoms with van der Waals surface area (Å²) in [6.07, 6.45) is -5.36. The van der Waals surface area contributed by atoms with Gasteiger partial charge in [0, 0.05) is 12.7 Å². The zero-order chi connectivity index (χ0) is 16.0. The first kappa shape index (κ1) is 17.2. The van der Waals surface area contributed by atoms with Crippen LogP contribution in [0, 0.1) is 5.82 Å². The molecule has 8 heteroatoms. The molecule has 0 saturated carbocycles. The van der Waals surface area contributed by atoms with E-state index in [2.05, 4.69) is 10.1 Å². The number of halogens is 4. The molecular weight excluding hydrogens is 294 g/mol. The fourth-order valence-electron chi connectivity index (χ4n) is 1.44. The van der Waals surface area contributed by atoms with Gasteiger partial charge in [-0.1, -0.05) is 0 Å². The second kappa shape index (κ2) is 7.26. The third kappa shape index (κ3) is 5.99. The Bertz CT molecular complexity index is 491. The average molecular weight is 309 g/mol. The molecule has 21 heavy (non-hydrogen) atoms. The Morgan fingerprint density at radius 3 is 2.62 bits per heavy atom. The van der Waals surface area contributed by atoms with E-state index in [1.807, 2.05) is 0 Å². The van der Waals surface area contributed by atoms with Gasteiger partial charge in [-0.25, -0.2) is 4.39 Å². The highest BCUT2D eigenvalue weighted by Gasteiger charge is 2.29. The maximum Gasteiger partial charge on any atom is 0.422 e. The normalized spacial score (nSPS) is 12.9. The summed E-state index contributed by atoms with van der Waals surface area (Å²) in [5.41, 5.74) is -0.0581. The Kier molecular flexibility index (Phi) is 5.95. The van der Waals surface area contributed by atoms with Crippen molar-refractivity contribution in [2.24, 2.45) is 0 Å². The lowest BCUT2D eigenvalue weighted by Crippen LogP contribution is -2.28. The van der Waals surface area contributed by atoms with Gasteiger partial charge in [-0.3, -0.25) is 4.79 Å². The molecule has 0 fully saturated rings. The Morgan fingerprint density at radius 2 is 2.05 bits per heavy atom. The van der Waals surface area contributed by atoms with Gasteiger partial charge < -0.3 is 14.8 Å². The van der Waals surface area contributed by atoms with Crippen LogP contribution in [0.3, 0.4) is 0 Å². The summed E-state index contributed by atoms with van der Waals surface area (Å²) >= 11 is 0. The lowest BCUT2D eigenvalue weighted by atomic mass is 10.2. The van der Waals surface area contributed by atoms with E-state index in [9.17, 15) is 22.4 Å². The van der Waals surface area contributed by atoms with Crippen LogP contribution < -0.4 is 10.1 Å². The van der Waals surface area contributed by atoms with Crippen LogP contribution in [-0.4, -0.2) is 31.4 Å². The molecule has 0 saturated heterocycles. The number of rotatable bonds is 6. The zero-order valence-corrected chi connectivity index (χ0v) is 11.5. The molecule has 0 aliphatic rings. The quantitative estimate of drug-likeness (QED) is 0.821. The van der Waals surface area contributed by atoms with Crippen molar-refractivity contribution in [2.75, 3.05) is 18.5 Å². The molecule has 1 aromatic rings. The van der Waals surface area contributed by atoms with E-state index in [1.54, 1.807) is 6.92 Å². The molecule has 1 N–H and O–H groups in total. The number of nitrogens with one attached hydrogen (secondary N) is 1. The van der Waals surface area contributed by atoms with Crippen molar-refractivity contribution >= 4 is 11.6 Å². The molecule has 118 valence electrons. The second-order valence-electron chi connectivity index (χ2n) is 4.13. The largest absolute Gasteiger partial charge is 0.482 e. The first-order valence-electron chi connectivity index (χ1n) is 6.14. The van der Waals surface area contributed by atoms with Crippen LogP contribution >= 0.6 is 0 Å². The molecule has 1 aromatic carbocycles. The zero-order valence-electron chi connectivity index (χ0n) is 11.5. The van der Waals surface area contributed by atoms with Gasteiger partial charge in [0.05, 0.1) is 5.69 Å². The number of carbonyl (C=O) groups is 1. The van der Waals surface area contributed by atoms with Gasteiger partial charge in [0.2, 0.25) is 0 Å². The van der Waals surface area contributed by atoms with Gasteiger partial charge in [0.1, 0.15) is 17.7 Å². The lowest BCUT2D eigenvalue weighted by molar-refractivity contribution is -0.153. The van der Waals surface area contributed by atoms with E-state index in [1.165, 1.54) is 6.92 Å². The van der Waals surface area contributed by atoms with Gasteiger partial charge in [-0.15, -0.1) is 0 Å². The molecule has 0 aliphatic heterocycles. The van der Waals surface area contributed by atoms with Crippen LogP contribution in [0.1, 0.15) is 13.8 Å². The van der Waals surface area contributed by atoms with Gasteiger partial charge in [-0.05, 0) is 26.0 Å². The van der Waals surface area contributed by atoms with Gasteiger partial charge in [-0.2, -0.15) is 13.2 Å². The van der Waals surface area contributed by atoms with Gasteiger partial charge in [0.25, 0.3) is 5.91 Å². The van der Waals surface area contributed by atoms with Crippen molar-refractivity contribution in [3.8, 4) is 5.75 Å². The summed E-state index contributed by atoms with van der Waals surface area (Å²) in [6.45, 7) is 1.90. The molecule has 1 amide bonds. The number of amides is 1. The maximum atomic E-state index is 13.1. The first-order chi connectivity index (χ1) is 9.73. The molecule has 0 bridgehead atoms. The Morgan fingerprint density at radius 1 is 1.38 bits per heavy atom. The molecule has 1 atom stereocenters. The number of ether oxygens (including phenoxy) is 2. The Labute approximate surface area is 119 Å². The van der Waals surface area contributed by atoms with Crippen molar-refractivity contribution in [1.82, 2.24) is 0 Å². The molecule has 0 spiro atoms. The van der Waals surface area contributed by atoms with Crippen molar-refractivity contribution in [3.63, 3.8) is 0 Å². The topological polar surface area (TPSA) is 47.6 Å². The first-order valence-corrected chi connectivity index (χ1v) is 6.14. The van der Waals surface area contributed by atoms with E-state index < -0.39 is 36.4 Å². The highest BCUT2D eigenvalue weighted by molar-refractivity contribution is 5.95. The van der Waals surface area contributed by atoms with Gasteiger partial charge in [0.15, 0.2) is 6.61 Å². The van der Waals surface area contributed by atoms with Crippen molar-refractivity contribution in [2.45, 2.75) is 26.1 Å². The van der Waals surface area contributed by atoms with Crippen molar-refractivity contribution < 1.29 is 31.8 Å². The SMILES string of the molecule is CCO[C@H](C)C(=O)Nc1ccc(F)cc1OCC(F)(F)F. The van der Waals surface area contributed by atoms with Crippen LogP contribution in [0.4, 0.5) is 23.2 Å².